The molecule has 1 aliphatic rings. The molecule has 8 heteroatoms. The number of hydrogen-bond donors (Lipinski definition) is 1. The minimum Gasteiger partial charge on any atom is -0.490 e. The van der Waals surface area contributed by atoms with Crippen molar-refractivity contribution in [1.29, 1.82) is 0 Å². The van der Waals surface area contributed by atoms with E-state index in [-0.39, 0.29) is 5.57 Å². The van der Waals surface area contributed by atoms with Crippen molar-refractivity contribution >= 4 is 45.5 Å². The fraction of sp³-hybridized carbons (Fsp3) is 0.370. The number of carbonyl (C=O) groups is 3. The molecule has 1 saturated heterocycles. The number of hydrogen-bond acceptors (Lipinski definition) is 5. The number of ether oxygens (including phenoxy) is 2. The maximum Gasteiger partial charge on any atom is 0.335 e. The normalized spacial score (nSPS) is 14.9. The Balaban J connectivity index is 1.75. The van der Waals surface area contributed by atoms with Crippen molar-refractivity contribution in [3.8, 4) is 11.5 Å². The molecule has 35 heavy (non-hydrogen) atoms. The number of imide groups is 2. The maximum atomic E-state index is 13.1. The maximum absolute atomic E-state index is 13.1. The number of unbranched alkanes of at least 4 members (excludes halogenated alkanes) is 5. The van der Waals surface area contributed by atoms with E-state index in [1.165, 1.54) is 31.8 Å². The number of rotatable bonds is 12. The van der Waals surface area contributed by atoms with E-state index in [0.29, 0.717) is 36.0 Å². The summed E-state index contributed by atoms with van der Waals surface area (Å²) in [5.74, 6) is -0.275. The quantitative estimate of drug-likeness (QED) is 0.194. The first-order chi connectivity index (χ1) is 16.9. The molecule has 186 valence electrons. The number of urea groups is 1. The van der Waals surface area contributed by atoms with Crippen molar-refractivity contribution < 1.29 is 23.9 Å². The highest BCUT2D eigenvalue weighted by molar-refractivity contribution is 9.10. The lowest BCUT2D eigenvalue weighted by Gasteiger charge is -2.26. The van der Waals surface area contributed by atoms with Crippen molar-refractivity contribution in [2.45, 2.75) is 52.4 Å². The number of halogens is 1. The van der Waals surface area contributed by atoms with Gasteiger partial charge in [-0.05, 0) is 61.4 Å². The molecule has 0 aliphatic carbocycles. The lowest BCUT2D eigenvalue weighted by atomic mass is 10.1. The highest BCUT2D eigenvalue weighted by Gasteiger charge is 2.36. The Morgan fingerprint density at radius 1 is 0.886 bits per heavy atom. The first kappa shape index (κ1) is 26.5. The Hall–Kier alpha value is -3.13. The molecule has 0 radical (unpaired) electrons. The van der Waals surface area contributed by atoms with Crippen molar-refractivity contribution in [2.75, 3.05) is 18.1 Å². The second-order valence-electron chi connectivity index (χ2n) is 8.19. The number of amides is 4. The van der Waals surface area contributed by atoms with Crippen LogP contribution in [0.5, 0.6) is 11.5 Å². The summed E-state index contributed by atoms with van der Waals surface area (Å²) in [6.07, 6.45) is 8.49. The van der Waals surface area contributed by atoms with E-state index in [1.807, 2.05) is 6.92 Å². The van der Waals surface area contributed by atoms with Crippen LogP contribution in [0.25, 0.3) is 6.08 Å². The van der Waals surface area contributed by atoms with Gasteiger partial charge in [0, 0.05) is 4.47 Å². The van der Waals surface area contributed by atoms with Crippen LogP contribution in [0.15, 0.2) is 52.5 Å². The van der Waals surface area contributed by atoms with Gasteiger partial charge in [-0.2, -0.15) is 0 Å². The standard InChI is InChI=1S/C27H31BrN2O5/c1-3-5-6-7-8-9-16-35-23-15-10-19(18-24(23)34-4-2)17-22-25(31)29-27(33)30(26(22)32)21-13-11-20(28)12-14-21/h10-15,17-18H,3-9,16H2,1-2H3,(H,29,31,33)/b22-17+. The summed E-state index contributed by atoms with van der Waals surface area (Å²) < 4.78 is 12.5. The molecule has 7 nitrogen and oxygen atoms in total. The molecule has 0 spiro atoms. The van der Waals surface area contributed by atoms with Crippen molar-refractivity contribution in [2.24, 2.45) is 0 Å². The number of barbiturate groups is 1. The van der Waals surface area contributed by atoms with Gasteiger partial charge in [0.1, 0.15) is 5.57 Å². The summed E-state index contributed by atoms with van der Waals surface area (Å²) in [6.45, 7) is 5.12. The third-order valence-corrected chi connectivity index (χ3v) is 6.05. The van der Waals surface area contributed by atoms with Gasteiger partial charge in [0.05, 0.1) is 18.9 Å². The van der Waals surface area contributed by atoms with E-state index in [9.17, 15) is 14.4 Å². The minimum absolute atomic E-state index is 0.143. The van der Waals surface area contributed by atoms with E-state index in [0.717, 1.165) is 22.2 Å². The van der Waals surface area contributed by atoms with Gasteiger partial charge in [0.15, 0.2) is 11.5 Å². The zero-order valence-electron chi connectivity index (χ0n) is 20.1. The molecular formula is C27H31BrN2O5. The molecule has 1 heterocycles. The second kappa shape index (κ2) is 13.1. The van der Waals surface area contributed by atoms with Crippen LogP contribution in [0.3, 0.4) is 0 Å². The molecule has 0 aromatic heterocycles. The third kappa shape index (κ3) is 7.18. The molecular weight excluding hydrogens is 512 g/mol. The van der Waals surface area contributed by atoms with E-state index in [2.05, 4.69) is 28.2 Å². The number of carbonyl (C=O) groups excluding carboxylic acids is 3. The largest absolute Gasteiger partial charge is 0.490 e. The van der Waals surface area contributed by atoms with Crippen LogP contribution in [0, 0.1) is 0 Å². The smallest absolute Gasteiger partial charge is 0.335 e. The predicted molar refractivity (Wildman–Crippen MR) is 140 cm³/mol. The lowest BCUT2D eigenvalue weighted by molar-refractivity contribution is -0.122. The van der Waals surface area contributed by atoms with Gasteiger partial charge in [-0.25, -0.2) is 9.69 Å². The highest BCUT2D eigenvalue weighted by atomic mass is 79.9. The first-order valence-corrected chi connectivity index (χ1v) is 12.8. The van der Waals surface area contributed by atoms with Gasteiger partial charge in [-0.15, -0.1) is 0 Å². The summed E-state index contributed by atoms with van der Waals surface area (Å²) in [5.41, 5.74) is 0.808. The van der Waals surface area contributed by atoms with Crippen molar-refractivity contribution in [3.63, 3.8) is 0 Å². The molecule has 1 N–H and O–H groups in total. The Morgan fingerprint density at radius 3 is 2.31 bits per heavy atom. The van der Waals surface area contributed by atoms with E-state index in [1.54, 1.807) is 42.5 Å². The summed E-state index contributed by atoms with van der Waals surface area (Å²) in [7, 11) is 0. The molecule has 0 atom stereocenters. The molecule has 3 rings (SSSR count). The fourth-order valence-electron chi connectivity index (χ4n) is 3.72. The lowest BCUT2D eigenvalue weighted by Crippen LogP contribution is -2.54. The van der Waals surface area contributed by atoms with Gasteiger partial charge in [-0.3, -0.25) is 14.9 Å². The van der Waals surface area contributed by atoms with E-state index < -0.39 is 17.8 Å². The van der Waals surface area contributed by atoms with Gasteiger partial charge < -0.3 is 9.47 Å². The number of anilines is 1. The Labute approximate surface area is 214 Å². The summed E-state index contributed by atoms with van der Waals surface area (Å²) in [5, 5.41) is 2.24. The average molecular weight is 543 g/mol. The molecule has 0 unspecified atom stereocenters. The van der Waals surface area contributed by atoms with Gasteiger partial charge in [0.25, 0.3) is 11.8 Å². The van der Waals surface area contributed by atoms with Crippen LogP contribution in [0.4, 0.5) is 10.5 Å². The Morgan fingerprint density at radius 2 is 1.60 bits per heavy atom. The van der Waals surface area contributed by atoms with Crippen LogP contribution >= 0.6 is 15.9 Å². The second-order valence-corrected chi connectivity index (χ2v) is 9.11. The molecule has 0 bridgehead atoms. The van der Waals surface area contributed by atoms with Crippen molar-refractivity contribution in [3.05, 3.63) is 58.1 Å². The topological polar surface area (TPSA) is 84.9 Å². The van der Waals surface area contributed by atoms with Gasteiger partial charge >= 0.3 is 6.03 Å². The number of benzene rings is 2. The molecule has 2 aromatic carbocycles. The van der Waals surface area contributed by atoms with Crippen molar-refractivity contribution in [1.82, 2.24) is 5.32 Å². The Bertz CT molecular complexity index is 1080. The van der Waals surface area contributed by atoms with Crippen LogP contribution in [0.1, 0.15) is 57.9 Å². The van der Waals surface area contributed by atoms with Crippen LogP contribution < -0.4 is 19.7 Å². The summed E-state index contributed by atoms with van der Waals surface area (Å²) in [6, 6.07) is 11.2. The molecule has 1 aliphatic heterocycles. The van der Waals surface area contributed by atoms with Crippen LogP contribution in [-0.4, -0.2) is 31.1 Å². The van der Waals surface area contributed by atoms with Crippen LogP contribution in [0.2, 0.25) is 0 Å². The Kier molecular flexibility index (Phi) is 9.90. The third-order valence-electron chi connectivity index (χ3n) is 5.52. The highest BCUT2D eigenvalue weighted by Crippen LogP contribution is 2.31. The predicted octanol–water partition coefficient (Wildman–Crippen LogP) is 6.25. The van der Waals surface area contributed by atoms with Crippen LogP contribution in [-0.2, 0) is 9.59 Å². The molecule has 2 aromatic rings. The fourth-order valence-corrected chi connectivity index (χ4v) is 3.98. The zero-order valence-corrected chi connectivity index (χ0v) is 21.7. The minimum atomic E-state index is -0.784. The average Bonchev–Trinajstić information content (AvgIpc) is 2.83. The molecule has 1 fully saturated rings. The number of nitrogens with one attached hydrogen (secondary N) is 1. The summed E-state index contributed by atoms with van der Waals surface area (Å²) in [4.78, 5) is 38.9. The van der Waals surface area contributed by atoms with E-state index >= 15 is 0 Å². The van der Waals surface area contributed by atoms with Gasteiger partial charge in [-0.1, -0.05) is 61.0 Å². The SMILES string of the molecule is CCCCCCCCOc1ccc(/C=C2\C(=O)NC(=O)N(c3ccc(Br)cc3)C2=O)cc1OCC. The number of nitrogens with zero attached hydrogens (tertiary/aromatic N) is 1. The monoisotopic (exact) mass is 542 g/mol. The molecule has 0 saturated carbocycles. The molecule has 4 amide bonds. The van der Waals surface area contributed by atoms with Gasteiger partial charge in [0.2, 0.25) is 0 Å². The summed E-state index contributed by atoms with van der Waals surface area (Å²) >= 11 is 3.33. The first-order valence-electron chi connectivity index (χ1n) is 12.0. The zero-order chi connectivity index (χ0) is 25.2. The van der Waals surface area contributed by atoms with E-state index in [4.69, 9.17) is 9.47 Å².